The predicted molar refractivity (Wildman–Crippen MR) is 72.8 cm³/mol. The third kappa shape index (κ3) is 2.27. The Morgan fingerprint density at radius 3 is 2.30 bits per heavy atom. The Balaban J connectivity index is 2.64. The monoisotopic (exact) mass is 278 g/mol. The summed E-state index contributed by atoms with van der Waals surface area (Å²) >= 11 is 0. The highest BCUT2D eigenvalue weighted by Crippen LogP contribution is 2.37. The van der Waals surface area contributed by atoms with E-state index in [0.717, 1.165) is 0 Å². The Morgan fingerprint density at radius 1 is 1.00 bits per heavy atom. The summed E-state index contributed by atoms with van der Waals surface area (Å²) in [5.74, 6) is -1.57. The molecule has 0 saturated heterocycles. The van der Waals surface area contributed by atoms with E-state index < -0.39 is 17.2 Å². The highest BCUT2D eigenvalue weighted by Gasteiger charge is 2.33. The molecular weight excluding hydrogens is 262 g/mol. The van der Waals surface area contributed by atoms with Crippen LogP contribution in [0.1, 0.15) is 23.6 Å². The normalized spacial score (nSPS) is 13.9. The smallest absolute Gasteiger partial charge is 0.165 e. The lowest BCUT2D eigenvalue weighted by molar-refractivity contribution is 0.0938. The summed E-state index contributed by atoms with van der Waals surface area (Å²) in [4.78, 5) is 0. The molecule has 0 aliphatic carbocycles. The zero-order valence-corrected chi connectivity index (χ0v) is 11.6. The number of aryl methyl sites for hydroxylation is 1. The van der Waals surface area contributed by atoms with Crippen LogP contribution < -0.4 is 4.74 Å². The van der Waals surface area contributed by atoms with E-state index >= 15 is 0 Å². The van der Waals surface area contributed by atoms with Crippen LogP contribution in [0.15, 0.2) is 36.4 Å². The molecule has 0 amide bonds. The van der Waals surface area contributed by atoms with Gasteiger partial charge in [0.15, 0.2) is 11.6 Å². The Morgan fingerprint density at radius 2 is 1.65 bits per heavy atom. The molecule has 0 bridgehead atoms. The molecule has 0 saturated carbocycles. The SMILES string of the molecule is COc1ccccc1C(C)(O)c1ccc(C)c(F)c1F. The first kappa shape index (κ1) is 14.5. The molecule has 0 aliphatic rings. The van der Waals surface area contributed by atoms with Crippen LogP contribution in [0.2, 0.25) is 0 Å². The topological polar surface area (TPSA) is 29.5 Å². The Bertz CT molecular complexity index is 636. The molecule has 0 radical (unpaired) electrons. The third-order valence-electron chi connectivity index (χ3n) is 3.43. The molecule has 1 atom stereocenters. The van der Waals surface area contributed by atoms with Crippen molar-refractivity contribution in [3.63, 3.8) is 0 Å². The first-order valence-electron chi connectivity index (χ1n) is 6.20. The van der Waals surface area contributed by atoms with Gasteiger partial charge in [-0.25, -0.2) is 8.78 Å². The van der Waals surface area contributed by atoms with Crippen molar-refractivity contribution in [1.82, 2.24) is 0 Å². The third-order valence-corrected chi connectivity index (χ3v) is 3.43. The van der Waals surface area contributed by atoms with Crippen LogP contribution in [-0.4, -0.2) is 12.2 Å². The minimum atomic E-state index is -1.69. The molecule has 1 N–H and O–H groups in total. The molecule has 0 heterocycles. The van der Waals surface area contributed by atoms with Gasteiger partial charge in [0, 0.05) is 11.1 Å². The lowest BCUT2D eigenvalue weighted by Crippen LogP contribution is -2.25. The summed E-state index contributed by atoms with van der Waals surface area (Å²) in [6, 6.07) is 9.55. The zero-order valence-electron chi connectivity index (χ0n) is 11.6. The molecule has 2 aromatic carbocycles. The van der Waals surface area contributed by atoms with Crippen molar-refractivity contribution in [3.05, 3.63) is 64.7 Å². The van der Waals surface area contributed by atoms with Gasteiger partial charge in [0.1, 0.15) is 11.4 Å². The van der Waals surface area contributed by atoms with Gasteiger partial charge in [-0.05, 0) is 25.5 Å². The molecule has 2 nitrogen and oxygen atoms in total. The summed E-state index contributed by atoms with van der Waals surface area (Å²) in [6.45, 7) is 2.89. The molecule has 4 heteroatoms. The van der Waals surface area contributed by atoms with Crippen LogP contribution in [0.5, 0.6) is 5.75 Å². The van der Waals surface area contributed by atoms with Crippen molar-refractivity contribution >= 4 is 0 Å². The molecule has 0 spiro atoms. The van der Waals surface area contributed by atoms with Gasteiger partial charge >= 0.3 is 0 Å². The van der Waals surface area contributed by atoms with Crippen LogP contribution in [0.4, 0.5) is 8.78 Å². The molecule has 2 aromatic rings. The van der Waals surface area contributed by atoms with Crippen LogP contribution in [0.3, 0.4) is 0 Å². The van der Waals surface area contributed by atoms with E-state index in [4.69, 9.17) is 4.74 Å². The highest BCUT2D eigenvalue weighted by atomic mass is 19.2. The summed E-state index contributed by atoms with van der Waals surface area (Å²) in [5.41, 5.74) is -1.23. The van der Waals surface area contributed by atoms with E-state index in [2.05, 4.69) is 0 Å². The summed E-state index contributed by atoms with van der Waals surface area (Å²) in [7, 11) is 1.46. The fourth-order valence-electron chi connectivity index (χ4n) is 2.21. The van der Waals surface area contributed by atoms with Gasteiger partial charge in [-0.2, -0.15) is 0 Å². The first-order chi connectivity index (χ1) is 9.39. The van der Waals surface area contributed by atoms with Gasteiger partial charge in [-0.3, -0.25) is 0 Å². The fourth-order valence-corrected chi connectivity index (χ4v) is 2.21. The number of benzene rings is 2. The van der Waals surface area contributed by atoms with E-state index in [0.29, 0.717) is 11.3 Å². The van der Waals surface area contributed by atoms with E-state index in [1.807, 2.05) is 0 Å². The summed E-state index contributed by atoms with van der Waals surface area (Å²) in [5, 5.41) is 10.7. The number of ether oxygens (including phenoxy) is 1. The average Bonchev–Trinajstić information content (AvgIpc) is 2.44. The van der Waals surface area contributed by atoms with E-state index in [1.165, 1.54) is 33.1 Å². The Hall–Kier alpha value is -1.94. The average molecular weight is 278 g/mol. The van der Waals surface area contributed by atoms with Gasteiger partial charge in [0.05, 0.1) is 7.11 Å². The molecule has 20 heavy (non-hydrogen) atoms. The Kier molecular flexibility index (Phi) is 3.77. The molecule has 2 rings (SSSR count). The first-order valence-corrected chi connectivity index (χ1v) is 6.20. The largest absolute Gasteiger partial charge is 0.496 e. The molecule has 0 aliphatic heterocycles. The van der Waals surface area contributed by atoms with Gasteiger partial charge in [-0.1, -0.05) is 30.3 Å². The quantitative estimate of drug-likeness (QED) is 0.930. The fraction of sp³-hybridized carbons (Fsp3) is 0.250. The molecular formula is C16H16F2O2. The number of para-hydroxylation sites is 1. The van der Waals surface area contributed by atoms with Gasteiger partial charge < -0.3 is 9.84 Å². The number of hydrogen-bond acceptors (Lipinski definition) is 2. The number of methoxy groups -OCH3 is 1. The second kappa shape index (κ2) is 5.21. The number of rotatable bonds is 3. The maximum Gasteiger partial charge on any atom is 0.165 e. The summed E-state index contributed by atoms with van der Waals surface area (Å²) in [6.07, 6.45) is 0. The lowest BCUT2D eigenvalue weighted by atomic mass is 9.86. The number of aliphatic hydroxyl groups is 1. The Labute approximate surface area is 116 Å². The van der Waals surface area contributed by atoms with Gasteiger partial charge in [0.25, 0.3) is 0 Å². The number of halogens is 2. The van der Waals surface area contributed by atoms with Crippen molar-refractivity contribution in [2.75, 3.05) is 7.11 Å². The minimum absolute atomic E-state index is 0.120. The lowest BCUT2D eigenvalue weighted by Gasteiger charge is -2.27. The maximum absolute atomic E-state index is 14.1. The summed E-state index contributed by atoms with van der Waals surface area (Å²) < 4.78 is 33.0. The van der Waals surface area contributed by atoms with Crippen molar-refractivity contribution in [3.8, 4) is 5.75 Å². The zero-order chi connectivity index (χ0) is 14.9. The van der Waals surface area contributed by atoms with Crippen LogP contribution in [0, 0.1) is 18.6 Å². The van der Waals surface area contributed by atoms with Crippen LogP contribution in [-0.2, 0) is 5.60 Å². The van der Waals surface area contributed by atoms with Crippen molar-refractivity contribution in [1.29, 1.82) is 0 Å². The van der Waals surface area contributed by atoms with Crippen molar-refractivity contribution in [2.45, 2.75) is 19.4 Å². The maximum atomic E-state index is 14.1. The van der Waals surface area contributed by atoms with Crippen LogP contribution >= 0.6 is 0 Å². The predicted octanol–water partition coefficient (Wildman–Crippen LogP) is 3.54. The standard InChI is InChI=1S/C16H16F2O2/c1-10-8-9-12(15(18)14(10)17)16(2,19)11-6-4-5-7-13(11)20-3/h4-9,19H,1-3H3. The van der Waals surface area contributed by atoms with E-state index in [1.54, 1.807) is 24.3 Å². The van der Waals surface area contributed by atoms with E-state index in [9.17, 15) is 13.9 Å². The second-order valence-corrected chi connectivity index (χ2v) is 4.83. The van der Waals surface area contributed by atoms with Crippen molar-refractivity contribution in [2.24, 2.45) is 0 Å². The second-order valence-electron chi connectivity index (χ2n) is 4.83. The number of hydrogen-bond donors (Lipinski definition) is 1. The molecule has 106 valence electrons. The van der Waals surface area contributed by atoms with Gasteiger partial charge in [0.2, 0.25) is 0 Å². The van der Waals surface area contributed by atoms with E-state index in [-0.39, 0.29) is 11.1 Å². The van der Waals surface area contributed by atoms with Gasteiger partial charge in [-0.15, -0.1) is 0 Å². The van der Waals surface area contributed by atoms with Crippen LogP contribution in [0.25, 0.3) is 0 Å². The van der Waals surface area contributed by atoms with Crippen molar-refractivity contribution < 1.29 is 18.6 Å². The highest BCUT2D eigenvalue weighted by molar-refractivity contribution is 5.45. The molecule has 0 aromatic heterocycles. The minimum Gasteiger partial charge on any atom is -0.496 e. The molecule has 0 fully saturated rings. The molecule has 1 unspecified atom stereocenters.